The van der Waals surface area contributed by atoms with Crippen LogP contribution in [-0.4, -0.2) is 28.9 Å². The van der Waals surface area contributed by atoms with Gasteiger partial charge in [-0.3, -0.25) is 19.4 Å². The van der Waals surface area contributed by atoms with Gasteiger partial charge in [0.1, 0.15) is 5.75 Å². The monoisotopic (exact) mass is 327 g/mol. The Morgan fingerprint density at radius 2 is 2.08 bits per heavy atom. The van der Waals surface area contributed by atoms with E-state index >= 15 is 0 Å². The molecule has 0 aliphatic carbocycles. The molecule has 0 unspecified atom stereocenters. The largest absolute Gasteiger partial charge is 0.495 e. The summed E-state index contributed by atoms with van der Waals surface area (Å²) in [5, 5.41) is 2.81. The Labute approximate surface area is 134 Å². The Balaban J connectivity index is 2.17. The number of hydrogen-bond donors (Lipinski definition) is 3. The number of methoxy groups -OCH3 is 1. The number of aromatic nitrogens is 2. The van der Waals surface area contributed by atoms with Crippen LogP contribution in [-0.2, 0) is 9.59 Å². The number of rotatable bonds is 4. The van der Waals surface area contributed by atoms with Crippen molar-refractivity contribution in [3.8, 4) is 5.75 Å². The van der Waals surface area contributed by atoms with Crippen molar-refractivity contribution in [2.75, 3.05) is 12.4 Å². The maximum Gasteiger partial charge on any atom is 0.262 e. The van der Waals surface area contributed by atoms with Crippen LogP contribution in [0.25, 0.3) is 5.57 Å². The molecule has 2 amide bonds. The van der Waals surface area contributed by atoms with E-state index in [1.807, 2.05) is 0 Å². The number of nitrogens with two attached hydrogens (primary N) is 1. The van der Waals surface area contributed by atoms with Gasteiger partial charge in [0.15, 0.2) is 5.49 Å². The first-order valence-electron chi connectivity index (χ1n) is 6.94. The van der Waals surface area contributed by atoms with E-state index in [-0.39, 0.29) is 28.6 Å². The van der Waals surface area contributed by atoms with Crippen LogP contribution in [0.5, 0.6) is 5.75 Å². The fourth-order valence-corrected chi connectivity index (χ4v) is 2.36. The van der Waals surface area contributed by atoms with Crippen LogP contribution < -0.4 is 32.1 Å². The van der Waals surface area contributed by atoms with E-state index in [0.717, 1.165) is 0 Å². The van der Waals surface area contributed by atoms with Crippen LogP contribution in [0.3, 0.4) is 0 Å². The maximum absolute atomic E-state index is 12.3. The molecule has 122 valence electrons. The SMILES string of the molecule is COc1ccccc1Nc1nc2c(c(=O)[nH]1)=C(C(N)=O)CC(=O)N=2. The van der Waals surface area contributed by atoms with E-state index in [1.165, 1.54) is 7.11 Å². The van der Waals surface area contributed by atoms with Gasteiger partial charge in [-0.15, -0.1) is 0 Å². The molecule has 0 spiro atoms. The van der Waals surface area contributed by atoms with Crippen molar-refractivity contribution in [3.63, 3.8) is 0 Å². The Morgan fingerprint density at radius 3 is 2.79 bits per heavy atom. The van der Waals surface area contributed by atoms with Crippen molar-refractivity contribution in [2.24, 2.45) is 10.7 Å². The molecule has 0 atom stereocenters. The third-order valence-electron chi connectivity index (χ3n) is 3.42. The van der Waals surface area contributed by atoms with Gasteiger partial charge in [0.2, 0.25) is 11.9 Å². The molecule has 1 aliphatic heterocycles. The van der Waals surface area contributed by atoms with Crippen molar-refractivity contribution < 1.29 is 14.3 Å². The Hall–Kier alpha value is -3.49. The second-order valence-electron chi connectivity index (χ2n) is 4.96. The van der Waals surface area contributed by atoms with Crippen molar-refractivity contribution in [1.82, 2.24) is 9.97 Å². The number of amides is 2. The summed E-state index contributed by atoms with van der Waals surface area (Å²) in [5.41, 5.74) is 4.95. The summed E-state index contributed by atoms with van der Waals surface area (Å²) in [5.74, 6) is -0.837. The van der Waals surface area contributed by atoms with Crippen LogP contribution in [0.1, 0.15) is 6.42 Å². The van der Waals surface area contributed by atoms with Gasteiger partial charge in [-0.2, -0.15) is 9.98 Å². The maximum atomic E-state index is 12.3. The fraction of sp³-hybridized carbons (Fsp3) is 0.133. The summed E-state index contributed by atoms with van der Waals surface area (Å²) in [6.07, 6.45) is -0.313. The average molecular weight is 327 g/mol. The second-order valence-corrected chi connectivity index (χ2v) is 4.96. The van der Waals surface area contributed by atoms with E-state index in [9.17, 15) is 14.4 Å². The van der Waals surface area contributed by atoms with Gasteiger partial charge in [-0.1, -0.05) is 12.1 Å². The number of carbonyl (C=O) groups is 2. The molecular formula is C15H13N5O4. The smallest absolute Gasteiger partial charge is 0.262 e. The van der Waals surface area contributed by atoms with E-state index in [1.54, 1.807) is 24.3 Å². The molecule has 9 nitrogen and oxygen atoms in total. The number of nitrogens with one attached hydrogen (secondary N) is 2. The average Bonchev–Trinajstić information content (AvgIpc) is 2.54. The van der Waals surface area contributed by atoms with Crippen molar-refractivity contribution in [2.45, 2.75) is 6.42 Å². The second kappa shape index (κ2) is 5.95. The number of ether oxygens (including phenoxy) is 1. The Kier molecular flexibility index (Phi) is 3.82. The van der Waals surface area contributed by atoms with Gasteiger partial charge < -0.3 is 15.8 Å². The molecule has 4 N–H and O–H groups in total. The number of aromatic amines is 1. The molecule has 3 rings (SSSR count). The zero-order chi connectivity index (χ0) is 17.3. The first kappa shape index (κ1) is 15.4. The molecule has 2 heterocycles. The number of nitrogens with zero attached hydrogens (tertiary/aromatic N) is 2. The predicted molar refractivity (Wildman–Crippen MR) is 84.1 cm³/mol. The van der Waals surface area contributed by atoms with Gasteiger partial charge >= 0.3 is 0 Å². The van der Waals surface area contributed by atoms with Crippen molar-refractivity contribution in [3.05, 3.63) is 45.3 Å². The van der Waals surface area contributed by atoms with E-state index in [4.69, 9.17) is 10.5 Å². The molecule has 0 fully saturated rings. The number of fused-ring (bicyclic) bond motifs is 1. The summed E-state index contributed by atoms with van der Waals surface area (Å²) < 4.78 is 5.20. The molecule has 9 heteroatoms. The molecule has 0 bridgehead atoms. The van der Waals surface area contributed by atoms with Crippen LogP contribution in [0.15, 0.2) is 34.1 Å². The van der Waals surface area contributed by atoms with Gasteiger partial charge in [0.25, 0.3) is 11.5 Å². The highest BCUT2D eigenvalue weighted by atomic mass is 16.5. The molecule has 1 aromatic heterocycles. The predicted octanol–water partition coefficient (Wildman–Crippen LogP) is -1.29. The summed E-state index contributed by atoms with van der Waals surface area (Å²) >= 11 is 0. The Bertz CT molecular complexity index is 1020. The third kappa shape index (κ3) is 2.74. The highest BCUT2D eigenvalue weighted by Crippen LogP contribution is 2.24. The number of carbonyl (C=O) groups excluding carboxylic acids is 2. The van der Waals surface area contributed by atoms with Crippen LogP contribution >= 0.6 is 0 Å². The van der Waals surface area contributed by atoms with Crippen LogP contribution in [0.4, 0.5) is 11.6 Å². The highest BCUT2D eigenvalue weighted by Gasteiger charge is 2.20. The molecule has 2 aromatic rings. The quantitative estimate of drug-likeness (QED) is 0.638. The molecule has 1 aliphatic rings. The van der Waals surface area contributed by atoms with Gasteiger partial charge in [0.05, 0.1) is 24.4 Å². The van der Waals surface area contributed by atoms with Crippen molar-refractivity contribution >= 4 is 29.0 Å². The summed E-state index contributed by atoms with van der Waals surface area (Å²) in [6.45, 7) is 0. The lowest BCUT2D eigenvalue weighted by Crippen LogP contribution is -2.49. The topological polar surface area (TPSA) is 140 Å². The van der Waals surface area contributed by atoms with Gasteiger partial charge in [0, 0.05) is 5.57 Å². The number of H-pyrrole nitrogens is 1. The Morgan fingerprint density at radius 1 is 1.33 bits per heavy atom. The van der Waals surface area contributed by atoms with Gasteiger partial charge in [-0.05, 0) is 12.1 Å². The minimum Gasteiger partial charge on any atom is -0.495 e. The first-order valence-corrected chi connectivity index (χ1v) is 6.94. The number of hydrogen-bond acceptors (Lipinski definition) is 6. The highest BCUT2D eigenvalue weighted by molar-refractivity contribution is 6.17. The zero-order valence-corrected chi connectivity index (χ0v) is 12.6. The van der Waals surface area contributed by atoms with Crippen LogP contribution in [0, 0.1) is 0 Å². The lowest BCUT2D eigenvalue weighted by Gasteiger charge is -2.11. The molecule has 1 aromatic carbocycles. The summed E-state index contributed by atoms with van der Waals surface area (Å²) in [6, 6.07) is 7.01. The van der Waals surface area contributed by atoms with Crippen LogP contribution in [0.2, 0.25) is 0 Å². The molecular weight excluding hydrogens is 314 g/mol. The lowest BCUT2D eigenvalue weighted by atomic mass is 10.1. The molecule has 0 saturated heterocycles. The number of anilines is 2. The standard InChI is InChI=1S/C15H13N5O4/c1-24-9-5-3-2-4-8(9)17-15-19-13-11(14(23)20-15)7(12(16)22)6-10(21)18-13/h2-5H,6H2,1H3,(H2,16,22)(H2,17,18,19,20,21,23). The van der Waals surface area contributed by atoms with E-state index < -0.39 is 17.4 Å². The third-order valence-corrected chi connectivity index (χ3v) is 3.42. The summed E-state index contributed by atoms with van der Waals surface area (Å²) in [7, 11) is 1.51. The lowest BCUT2D eigenvalue weighted by molar-refractivity contribution is -0.119. The summed E-state index contributed by atoms with van der Waals surface area (Å²) in [4.78, 5) is 45.7. The minimum atomic E-state index is -0.850. The number of benzene rings is 1. The van der Waals surface area contributed by atoms with Crippen molar-refractivity contribution in [1.29, 1.82) is 0 Å². The van der Waals surface area contributed by atoms with E-state index in [0.29, 0.717) is 11.4 Å². The molecule has 24 heavy (non-hydrogen) atoms. The molecule has 0 radical (unpaired) electrons. The van der Waals surface area contributed by atoms with Gasteiger partial charge in [-0.25, -0.2) is 0 Å². The minimum absolute atomic E-state index is 0.0607. The zero-order valence-electron chi connectivity index (χ0n) is 12.6. The first-order chi connectivity index (χ1) is 11.5. The number of para-hydroxylation sites is 2. The molecule has 0 saturated carbocycles. The fourth-order valence-electron chi connectivity index (χ4n) is 2.36. The normalized spacial score (nSPS) is 13.0. The number of primary amides is 1. The van der Waals surface area contributed by atoms with E-state index in [2.05, 4.69) is 20.3 Å².